The molecule has 0 spiro atoms. The van der Waals surface area contributed by atoms with Crippen LogP contribution in [0.1, 0.15) is 44.7 Å². The minimum atomic E-state index is -3.59. The zero-order valence-corrected chi connectivity index (χ0v) is 18.7. The van der Waals surface area contributed by atoms with Crippen LogP contribution in [-0.2, 0) is 19.6 Å². The van der Waals surface area contributed by atoms with Crippen LogP contribution in [0, 0.1) is 5.92 Å². The molecule has 2 aromatic rings. The molecular weight excluding hydrogens is 414 g/mol. The Hall–Kier alpha value is -2.71. The van der Waals surface area contributed by atoms with Gasteiger partial charge in [0, 0.05) is 32.1 Å². The Morgan fingerprint density at radius 3 is 2.23 bits per heavy atom. The van der Waals surface area contributed by atoms with Crippen LogP contribution in [-0.4, -0.2) is 37.6 Å². The third-order valence-electron chi connectivity index (χ3n) is 5.54. The van der Waals surface area contributed by atoms with E-state index in [1.807, 2.05) is 37.3 Å². The van der Waals surface area contributed by atoms with Gasteiger partial charge in [0.2, 0.25) is 21.8 Å². The van der Waals surface area contributed by atoms with Crippen molar-refractivity contribution in [3.05, 3.63) is 60.2 Å². The maximum absolute atomic E-state index is 12.9. The van der Waals surface area contributed by atoms with Crippen molar-refractivity contribution in [2.75, 3.05) is 18.4 Å². The molecule has 2 N–H and O–H groups in total. The number of piperidine rings is 1. The number of hydrogen-bond acceptors (Lipinski definition) is 4. The lowest BCUT2D eigenvalue weighted by Crippen LogP contribution is -2.39. The standard InChI is InChI=1S/C23H29N3O4S/c1-17(20-6-4-3-5-7-20)24-23(28)16-19-12-14-26(15-13-19)31(29,30)22-10-8-21(9-11-22)25-18(2)27/h3-11,17,19H,12-16H2,1-2H3,(H,24,28)(H,25,27). The van der Waals surface area contributed by atoms with Gasteiger partial charge in [0.1, 0.15) is 0 Å². The molecule has 31 heavy (non-hydrogen) atoms. The molecule has 166 valence electrons. The van der Waals surface area contributed by atoms with Gasteiger partial charge in [-0.05, 0) is 55.5 Å². The first kappa shape index (κ1) is 23.0. The number of carbonyl (C=O) groups is 2. The Balaban J connectivity index is 1.51. The highest BCUT2D eigenvalue weighted by Crippen LogP contribution is 2.26. The highest BCUT2D eigenvalue weighted by molar-refractivity contribution is 7.89. The van der Waals surface area contributed by atoms with Gasteiger partial charge in [-0.1, -0.05) is 30.3 Å². The maximum Gasteiger partial charge on any atom is 0.243 e. The summed E-state index contributed by atoms with van der Waals surface area (Å²) in [6, 6.07) is 15.9. The monoisotopic (exact) mass is 443 g/mol. The molecule has 1 unspecified atom stereocenters. The zero-order chi connectivity index (χ0) is 22.4. The smallest absolute Gasteiger partial charge is 0.243 e. The molecule has 1 saturated heterocycles. The van der Waals surface area contributed by atoms with E-state index in [1.54, 1.807) is 12.1 Å². The number of benzene rings is 2. The summed E-state index contributed by atoms with van der Waals surface area (Å²) in [6.07, 6.45) is 1.70. The molecule has 0 bridgehead atoms. The lowest BCUT2D eigenvalue weighted by molar-refractivity contribution is -0.123. The number of nitrogens with zero attached hydrogens (tertiary/aromatic N) is 1. The van der Waals surface area contributed by atoms with E-state index in [0.717, 1.165) is 5.56 Å². The Morgan fingerprint density at radius 1 is 1.03 bits per heavy atom. The van der Waals surface area contributed by atoms with Crippen molar-refractivity contribution >= 4 is 27.5 Å². The molecule has 3 rings (SSSR count). The average Bonchev–Trinajstić information content (AvgIpc) is 2.74. The SMILES string of the molecule is CC(=O)Nc1ccc(S(=O)(=O)N2CCC(CC(=O)NC(C)c3ccccc3)CC2)cc1. The molecule has 0 aliphatic carbocycles. The third kappa shape index (κ3) is 6.15. The molecule has 0 radical (unpaired) electrons. The molecule has 1 heterocycles. The molecule has 7 nitrogen and oxygen atoms in total. The zero-order valence-electron chi connectivity index (χ0n) is 17.9. The van der Waals surface area contributed by atoms with Crippen molar-refractivity contribution in [2.24, 2.45) is 5.92 Å². The molecule has 1 aliphatic heterocycles. The first-order valence-corrected chi connectivity index (χ1v) is 11.9. The number of hydrogen-bond donors (Lipinski definition) is 2. The molecule has 8 heteroatoms. The second kappa shape index (κ2) is 10.1. The summed E-state index contributed by atoms with van der Waals surface area (Å²) in [6.45, 7) is 4.14. The van der Waals surface area contributed by atoms with Gasteiger partial charge in [-0.3, -0.25) is 9.59 Å². The fourth-order valence-electron chi connectivity index (χ4n) is 3.80. The van der Waals surface area contributed by atoms with E-state index in [2.05, 4.69) is 10.6 Å². The van der Waals surface area contributed by atoms with Crippen molar-refractivity contribution < 1.29 is 18.0 Å². The predicted octanol–water partition coefficient (Wildman–Crippen LogP) is 3.31. The molecule has 2 aromatic carbocycles. The van der Waals surface area contributed by atoms with Crippen LogP contribution in [0.2, 0.25) is 0 Å². The molecule has 1 atom stereocenters. The largest absolute Gasteiger partial charge is 0.350 e. The van der Waals surface area contributed by atoms with Crippen molar-refractivity contribution in [1.29, 1.82) is 0 Å². The first-order chi connectivity index (χ1) is 14.8. The number of amides is 2. The molecule has 1 aliphatic rings. The van der Waals surface area contributed by atoms with Gasteiger partial charge in [-0.25, -0.2) is 8.42 Å². The van der Waals surface area contributed by atoms with Gasteiger partial charge < -0.3 is 10.6 Å². The minimum absolute atomic E-state index is 0.00813. The fraction of sp³-hybridized carbons (Fsp3) is 0.391. The van der Waals surface area contributed by atoms with Crippen molar-refractivity contribution in [2.45, 2.75) is 44.0 Å². The fourth-order valence-corrected chi connectivity index (χ4v) is 5.27. The topological polar surface area (TPSA) is 95.6 Å². The van der Waals surface area contributed by atoms with Crippen molar-refractivity contribution in [3.8, 4) is 0 Å². The van der Waals surface area contributed by atoms with Gasteiger partial charge in [-0.15, -0.1) is 0 Å². The first-order valence-electron chi connectivity index (χ1n) is 10.5. The quantitative estimate of drug-likeness (QED) is 0.686. The van der Waals surface area contributed by atoms with E-state index < -0.39 is 10.0 Å². The minimum Gasteiger partial charge on any atom is -0.350 e. The Bertz CT molecular complexity index is 999. The van der Waals surface area contributed by atoms with Gasteiger partial charge >= 0.3 is 0 Å². The van der Waals surface area contributed by atoms with Crippen LogP contribution < -0.4 is 10.6 Å². The summed E-state index contributed by atoms with van der Waals surface area (Å²) in [5, 5.41) is 5.65. The van der Waals surface area contributed by atoms with Crippen LogP contribution in [0.25, 0.3) is 0 Å². The number of carbonyl (C=O) groups excluding carboxylic acids is 2. The number of anilines is 1. The van der Waals surface area contributed by atoms with Crippen molar-refractivity contribution in [3.63, 3.8) is 0 Å². The lowest BCUT2D eigenvalue weighted by Gasteiger charge is -2.31. The van der Waals surface area contributed by atoms with Crippen LogP contribution in [0.4, 0.5) is 5.69 Å². The van der Waals surface area contributed by atoms with E-state index in [9.17, 15) is 18.0 Å². The number of nitrogens with one attached hydrogen (secondary N) is 2. The second-order valence-electron chi connectivity index (χ2n) is 7.96. The average molecular weight is 444 g/mol. The van der Waals surface area contributed by atoms with Crippen LogP contribution in [0.15, 0.2) is 59.5 Å². The number of sulfonamides is 1. The molecular formula is C23H29N3O4S. The van der Waals surface area contributed by atoms with Crippen molar-refractivity contribution in [1.82, 2.24) is 9.62 Å². The number of rotatable bonds is 7. The van der Waals surface area contributed by atoms with E-state index in [0.29, 0.717) is 38.0 Å². The molecule has 1 fully saturated rings. The Labute approximate surface area is 183 Å². The van der Waals surface area contributed by atoms with E-state index in [-0.39, 0.29) is 28.7 Å². The summed E-state index contributed by atoms with van der Waals surface area (Å²) < 4.78 is 27.3. The Morgan fingerprint density at radius 2 is 1.65 bits per heavy atom. The highest BCUT2D eigenvalue weighted by Gasteiger charge is 2.30. The lowest BCUT2D eigenvalue weighted by atomic mass is 9.94. The normalized spacial score (nSPS) is 16.5. The summed E-state index contributed by atoms with van der Waals surface area (Å²) in [4.78, 5) is 23.7. The molecule has 0 aromatic heterocycles. The van der Waals surface area contributed by atoms with Gasteiger partial charge in [-0.2, -0.15) is 4.31 Å². The van der Waals surface area contributed by atoms with Gasteiger partial charge in [0.25, 0.3) is 0 Å². The second-order valence-corrected chi connectivity index (χ2v) is 9.89. The van der Waals surface area contributed by atoms with Crippen LogP contribution >= 0.6 is 0 Å². The summed E-state index contributed by atoms with van der Waals surface area (Å²) in [5.74, 6) is -0.0531. The predicted molar refractivity (Wildman–Crippen MR) is 120 cm³/mol. The van der Waals surface area contributed by atoms with Gasteiger partial charge in [0.15, 0.2) is 0 Å². The third-order valence-corrected chi connectivity index (χ3v) is 7.45. The van der Waals surface area contributed by atoms with Crippen LogP contribution in [0.5, 0.6) is 0 Å². The summed E-state index contributed by atoms with van der Waals surface area (Å²) in [5.41, 5.74) is 1.61. The van der Waals surface area contributed by atoms with E-state index in [1.165, 1.54) is 23.4 Å². The molecule has 0 saturated carbocycles. The molecule has 2 amide bonds. The maximum atomic E-state index is 12.9. The van der Waals surface area contributed by atoms with Crippen LogP contribution in [0.3, 0.4) is 0 Å². The highest BCUT2D eigenvalue weighted by atomic mass is 32.2. The summed E-state index contributed by atoms with van der Waals surface area (Å²) >= 11 is 0. The van der Waals surface area contributed by atoms with E-state index >= 15 is 0 Å². The summed E-state index contributed by atoms with van der Waals surface area (Å²) in [7, 11) is -3.59. The Kier molecular flexibility index (Phi) is 7.46. The van der Waals surface area contributed by atoms with Gasteiger partial charge in [0.05, 0.1) is 10.9 Å². The van der Waals surface area contributed by atoms with E-state index in [4.69, 9.17) is 0 Å².